The van der Waals surface area contributed by atoms with Crippen molar-refractivity contribution in [3.8, 4) is 16.9 Å². The summed E-state index contributed by atoms with van der Waals surface area (Å²) >= 11 is 0. The Bertz CT molecular complexity index is 1340. The minimum absolute atomic E-state index is 0.0290. The number of halogens is 7. The molecule has 3 nitrogen and oxygen atoms in total. The number of carbonyl (C=O) groups excluding carboxylic acids is 1. The maximum Gasteiger partial charge on any atom is 0.573 e. The minimum atomic E-state index is -5.36. The first-order chi connectivity index (χ1) is 20.4. The fourth-order valence-electron chi connectivity index (χ4n) is 7.21. The van der Waals surface area contributed by atoms with E-state index in [1.807, 2.05) is 0 Å². The molecule has 3 aliphatic carbocycles. The van der Waals surface area contributed by atoms with Gasteiger partial charge in [0.2, 0.25) is 5.75 Å². The van der Waals surface area contributed by atoms with Crippen molar-refractivity contribution >= 4 is 12.0 Å². The van der Waals surface area contributed by atoms with Crippen molar-refractivity contribution in [1.82, 2.24) is 0 Å². The number of carbonyl (C=O) groups is 1. The second-order valence-electron chi connectivity index (χ2n) is 12.1. The van der Waals surface area contributed by atoms with Crippen LogP contribution in [0.1, 0.15) is 88.7 Å². The molecule has 0 heterocycles. The van der Waals surface area contributed by atoms with E-state index >= 15 is 8.78 Å². The molecule has 0 unspecified atom stereocenters. The highest BCUT2D eigenvalue weighted by molar-refractivity contribution is 5.76. The maximum absolute atomic E-state index is 15.4. The van der Waals surface area contributed by atoms with Crippen LogP contribution >= 0.6 is 0 Å². The lowest BCUT2D eigenvalue weighted by atomic mass is 9.69. The zero-order chi connectivity index (χ0) is 30.9. The molecule has 10 heteroatoms. The molecule has 2 saturated carbocycles. The van der Waals surface area contributed by atoms with Crippen LogP contribution in [0.4, 0.5) is 30.7 Å². The molecule has 0 N–H and O–H groups in total. The topological polar surface area (TPSA) is 35.5 Å². The van der Waals surface area contributed by atoms with Crippen molar-refractivity contribution in [2.75, 3.05) is 0 Å². The fraction of sp³-hybridized carbons (Fsp3) is 0.545. The Kier molecular flexibility index (Phi) is 9.42. The Labute approximate surface area is 246 Å². The van der Waals surface area contributed by atoms with Gasteiger partial charge in [-0.3, -0.25) is 4.79 Å². The van der Waals surface area contributed by atoms with Gasteiger partial charge >= 0.3 is 12.3 Å². The van der Waals surface area contributed by atoms with E-state index in [4.69, 9.17) is 4.74 Å². The zero-order valence-corrected chi connectivity index (χ0v) is 24.0. The first kappa shape index (κ1) is 31.4. The van der Waals surface area contributed by atoms with Crippen molar-refractivity contribution in [3.63, 3.8) is 0 Å². The minimum Gasteiger partial charge on any atom is -0.431 e. The number of allylic oxidation sites excluding steroid dienone is 1. The molecule has 43 heavy (non-hydrogen) atoms. The monoisotopic (exact) mass is 612 g/mol. The number of hydrogen-bond donors (Lipinski definition) is 0. The Hall–Kier alpha value is -3.04. The Morgan fingerprint density at radius 1 is 0.837 bits per heavy atom. The standard InChI is InChI=1S/C33H35F7O3/c1-2-3-18-4-6-19(7-5-18)20-8-10-21(11-9-20)32(41)42-24-12-13-25-22(14-24)15-26(34)29(30(25)37)23-16-27(35)31(28(36)17-23)43-33(38,39)40/h14-21H,2-13H2,1H3. The van der Waals surface area contributed by atoms with Crippen molar-refractivity contribution < 1.29 is 45.0 Å². The molecule has 0 radical (unpaired) electrons. The highest BCUT2D eigenvalue weighted by atomic mass is 19.4. The SMILES string of the molecule is CCCC1CCC(C2CCC(C(=O)OC3=Cc4cc(F)c(-c5cc(F)c(OC(F)(F)F)c(F)c5)c(F)c4CC3)CC2)CC1. The summed E-state index contributed by atoms with van der Waals surface area (Å²) in [6.45, 7) is 2.24. The molecule has 2 aromatic rings. The van der Waals surface area contributed by atoms with E-state index in [2.05, 4.69) is 11.7 Å². The summed E-state index contributed by atoms with van der Waals surface area (Å²) in [5.74, 6) is -5.55. The number of ether oxygens (including phenoxy) is 2. The summed E-state index contributed by atoms with van der Waals surface area (Å²) in [5, 5.41) is 0. The van der Waals surface area contributed by atoms with Gasteiger partial charge in [-0.25, -0.2) is 17.6 Å². The first-order valence-corrected chi connectivity index (χ1v) is 15.1. The first-order valence-electron chi connectivity index (χ1n) is 15.1. The Balaban J connectivity index is 1.23. The van der Waals surface area contributed by atoms with E-state index in [1.54, 1.807) is 0 Å². The van der Waals surface area contributed by atoms with Crippen LogP contribution in [0.5, 0.6) is 5.75 Å². The van der Waals surface area contributed by atoms with Gasteiger partial charge in [0.1, 0.15) is 17.4 Å². The molecule has 0 bridgehead atoms. The largest absolute Gasteiger partial charge is 0.573 e. The van der Waals surface area contributed by atoms with Crippen molar-refractivity contribution in [1.29, 1.82) is 0 Å². The van der Waals surface area contributed by atoms with Gasteiger partial charge in [-0.1, -0.05) is 32.6 Å². The quantitative estimate of drug-likeness (QED) is 0.231. The number of esters is 1. The molecule has 0 aromatic heterocycles. The summed E-state index contributed by atoms with van der Waals surface area (Å²) in [5.41, 5.74) is -1.23. The van der Waals surface area contributed by atoms with Crippen LogP contribution in [0, 0.1) is 46.9 Å². The number of rotatable bonds is 7. The molecule has 2 fully saturated rings. The number of benzene rings is 2. The molecule has 0 amide bonds. The summed E-state index contributed by atoms with van der Waals surface area (Å²) < 4.78 is 105. The second kappa shape index (κ2) is 12.9. The lowest BCUT2D eigenvalue weighted by Crippen LogP contribution is -2.29. The molecular formula is C33H35F7O3. The molecule has 2 aromatic carbocycles. The van der Waals surface area contributed by atoms with Gasteiger partial charge in [0, 0.05) is 6.42 Å². The van der Waals surface area contributed by atoms with Gasteiger partial charge in [-0.2, -0.15) is 0 Å². The Morgan fingerprint density at radius 3 is 2.02 bits per heavy atom. The third-order valence-electron chi connectivity index (χ3n) is 9.39. The van der Waals surface area contributed by atoms with Gasteiger partial charge in [-0.15, -0.1) is 13.2 Å². The summed E-state index contributed by atoms with van der Waals surface area (Å²) in [4.78, 5) is 13.0. The molecular weight excluding hydrogens is 577 g/mol. The Morgan fingerprint density at radius 2 is 1.44 bits per heavy atom. The van der Waals surface area contributed by atoms with Gasteiger partial charge < -0.3 is 9.47 Å². The molecule has 0 saturated heterocycles. The molecule has 3 aliphatic rings. The molecule has 5 rings (SSSR count). The van der Waals surface area contributed by atoms with E-state index in [-0.39, 0.29) is 41.6 Å². The van der Waals surface area contributed by atoms with Crippen LogP contribution < -0.4 is 4.74 Å². The molecule has 234 valence electrons. The number of hydrogen-bond acceptors (Lipinski definition) is 3. The lowest BCUT2D eigenvalue weighted by Gasteiger charge is -2.37. The number of alkyl halides is 3. The third kappa shape index (κ3) is 7.20. The van der Waals surface area contributed by atoms with Gasteiger partial charge in [0.15, 0.2) is 11.6 Å². The van der Waals surface area contributed by atoms with Gasteiger partial charge in [0.25, 0.3) is 0 Å². The second-order valence-corrected chi connectivity index (χ2v) is 12.1. The van der Waals surface area contributed by atoms with Crippen LogP contribution in [0.15, 0.2) is 24.0 Å². The van der Waals surface area contributed by atoms with Crippen LogP contribution in [-0.2, 0) is 16.0 Å². The predicted molar refractivity (Wildman–Crippen MR) is 147 cm³/mol. The highest BCUT2D eigenvalue weighted by Crippen LogP contribution is 2.43. The fourth-order valence-corrected chi connectivity index (χ4v) is 7.21. The van der Waals surface area contributed by atoms with Crippen molar-refractivity contribution in [2.24, 2.45) is 23.7 Å². The third-order valence-corrected chi connectivity index (χ3v) is 9.39. The summed E-state index contributed by atoms with van der Waals surface area (Å²) in [6.07, 6.45) is 7.40. The van der Waals surface area contributed by atoms with Crippen LogP contribution in [0.2, 0.25) is 0 Å². The van der Waals surface area contributed by atoms with E-state index in [1.165, 1.54) is 44.6 Å². The maximum atomic E-state index is 15.4. The van der Waals surface area contributed by atoms with Gasteiger partial charge in [-0.05, 0) is 104 Å². The predicted octanol–water partition coefficient (Wildman–Crippen LogP) is 10.1. The van der Waals surface area contributed by atoms with Crippen molar-refractivity contribution in [3.05, 3.63) is 58.4 Å². The summed E-state index contributed by atoms with van der Waals surface area (Å²) in [6, 6.07) is 1.73. The zero-order valence-electron chi connectivity index (χ0n) is 24.0. The van der Waals surface area contributed by atoms with E-state index in [0.717, 1.165) is 43.6 Å². The van der Waals surface area contributed by atoms with Crippen molar-refractivity contribution in [2.45, 2.75) is 90.3 Å². The van der Waals surface area contributed by atoms with Crippen LogP contribution in [0.25, 0.3) is 17.2 Å². The number of fused-ring (bicyclic) bond motifs is 1. The average molecular weight is 613 g/mol. The molecule has 0 atom stereocenters. The highest BCUT2D eigenvalue weighted by Gasteiger charge is 2.36. The smallest absolute Gasteiger partial charge is 0.431 e. The van der Waals surface area contributed by atoms with E-state index in [9.17, 15) is 26.7 Å². The molecule has 0 aliphatic heterocycles. The normalized spacial score (nSPS) is 24.2. The van der Waals surface area contributed by atoms with Crippen LogP contribution in [-0.4, -0.2) is 12.3 Å². The molecule has 0 spiro atoms. The van der Waals surface area contributed by atoms with Gasteiger partial charge in [0.05, 0.1) is 11.5 Å². The van der Waals surface area contributed by atoms with Crippen LogP contribution in [0.3, 0.4) is 0 Å². The lowest BCUT2D eigenvalue weighted by molar-refractivity contribution is -0.276. The average Bonchev–Trinajstić information content (AvgIpc) is 2.95. The van der Waals surface area contributed by atoms with E-state index < -0.39 is 46.5 Å². The van der Waals surface area contributed by atoms with E-state index in [0.29, 0.717) is 18.1 Å². The summed E-state index contributed by atoms with van der Waals surface area (Å²) in [7, 11) is 0.